The Morgan fingerprint density at radius 1 is 1.41 bits per heavy atom. The molecule has 142 valence electrons. The number of pyridine rings is 1. The lowest BCUT2D eigenvalue weighted by atomic mass is 10.1. The van der Waals surface area contributed by atoms with Gasteiger partial charge in [-0.15, -0.1) is 0 Å². The SMILES string of the molecule is CCCn1c(C)cc(/C=C(\C#N)C(=O)NCc2cccnc2OCC)c1C. The summed E-state index contributed by atoms with van der Waals surface area (Å²) in [6.45, 7) is 9.70. The highest BCUT2D eigenvalue weighted by molar-refractivity contribution is 6.01. The van der Waals surface area contributed by atoms with Crippen LogP contribution in [-0.4, -0.2) is 22.1 Å². The van der Waals surface area contributed by atoms with Gasteiger partial charge in [-0.2, -0.15) is 5.26 Å². The first-order valence-electron chi connectivity index (χ1n) is 9.15. The number of nitriles is 1. The van der Waals surface area contributed by atoms with Gasteiger partial charge in [0.25, 0.3) is 5.91 Å². The van der Waals surface area contributed by atoms with Crippen LogP contribution in [0.4, 0.5) is 0 Å². The van der Waals surface area contributed by atoms with Crippen LogP contribution >= 0.6 is 0 Å². The van der Waals surface area contributed by atoms with E-state index in [9.17, 15) is 10.1 Å². The number of hydrogen-bond acceptors (Lipinski definition) is 4. The maximum absolute atomic E-state index is 12.5. The molecule has 0 aliphatic heterocycles. The number of aryl methyl sites for hydroxylation is 1. The molecule has 0 unspecified atom stereocenters. The molecule has 1 amide bonds. The highest BCUT2D eigenvalue weighted by Crippen LogP contribution is 2.19. The van der Waals surface area contributed by atoms with Crippen molar-refractivity contribution in [3.63, 3.8) is 0 Å². The number of ether oxygens (including phenoxy) is 1. The van der Waals surface area contributed by atoms with Crippen molar-refractivity contribution in [1.29, 1.82) is 5.26 Å². The molecule has 0 radical (unpaired) electrons. The summed E-state index contributed by atoms with van der Waals surface area (Å²) in [7, 11) is 0. The molecule has 0 aliphatic rings. The highest BCUT2D eigenvalue weighted by atomic mass is 16.5. The molecule has 2 aromatic heterocycles. The van der Waals surface area contributed by atoms with Gasteiger partial charge in [0, 0.05) is 36.2 Å². The summed E-state index contributed by atoms with van der Waals surface area (Å²) in [4.78, 5) is 16.6. The normalized spacial score (nSPS) is 11.1. The van der Waals surface area contributed by atoms with Gasteiger partial charge >= 0.3 is 0 Å². The largest absolute Gasteiger partial charge is 0.478 e. The lowest BCUT2D eigenvalue weighted by Gasteiger charge is -2.09. The maximum atomic E-state index is 12.5. The fourth-order valence-corrected chi connectivity index (χ4v) is 2.94. The van der Waals surface area contributed by atoms with E-state index in [2.05, 4.69) is 21.8 Å². The lowest BCUT2D eigenvalue weighted by Crippen LogP contribution is -2.24. The Hall–Kier alpha value is -3.07. The maximum Gasteiger partial charge on any atom is 0.262 e. The van der Waals surface area contributed by atoms with Crippen molar-refractivity contribution in [1.82, 2.24) is 14.9 Å². The molecule has 1 N–H and O–H groups in total. The minimum atomic E-state index is -0.413. The summed E-state index contributed by atoms with van der Waals surface area (Å²) < 4.78 is 7.66. The van der Waals surface area contributed by atoms with Gasteiger partial charge in [0.1, 0.15) is 11.6 Å². The van der Waals surface area contributed by atoms with Crippen LogP contribution in [0.2, 0.25) is 0 Å². The molecule has 0 aliphatic carbocycles. The highest BCUT2D eigenvalue weighted by Gasteiger charge is 2.13. The van der Waals surface area contributed by atoms with E-state index < -0.39 is 5.91 Å². The molecule has 27 heavy (non-hydrogen) atoms. The molecule has 2 aromatic rings. The smallest absolute Gasteiger partial charge is 0.262 e. The van der Waals surface area contributed by atoms with Crippen molar-refractivity contribution in [2.24, 2.45) is 0 Å². The summed E-state index contributed by atoms with van der Waals surface area (Å²) in [5.74, 6) is 0.0787. The first kappa shape index (κ1) is 20.2. The molecule has 0 fully saturated rings. The predicted molar refractivity (Wildman–Crippen MR) is 105 cm³/mol. The molecule has 6 heteroatoms. The quantitative estimate of drug-likeness (QED) is 0.572. The van der Waals surface area contributed by atoms with E-state index in [1.807, 2.05) is 39.0 Å². The predicted octanol–water partition coefficient (Wildman–Crippen LogP) is 3.53. The van der Waals surface area contributed by atoms with Crippen molar-refractivity contribution < 1.29 is 9.53 Å². The molecular formula is C21H26N4O2. The Morgan fingerprint density at radius 3 is 2.85 bits per heavy atom. The summed E-state index contributed by atoms with van der Waals surface area (Å²) >= 11 is 0. The van der Waals surface area contributed by atoms with Crippen LogP contribution in [0, 0.1) is 25.2 Å². The molecule has 6 nitrogen and oxygen atoms in total. The molecule has 0 aromatic carbocycles. The van der Waals surface area contributed by atoms with E-state index in [1.165, 1.54) is 0 Å². The average Bonchev–Trinajstić information content (AvgIpc) is 2.93. The third-order valence-electron chi connectivity index (χ3n) is 4.30. The van der Waals surface area contributed by atoms with Crippen molar-refractivity contribution >= 4 is 12.0 Å². The molecule has 2 rings (SSSR count). The topological polar surface area (TPSA) is 79.9 Å². The minimum absolute atomic E-state index is 0.0774. The fourth-order valence-electron chi connectivity index (χ4n) is 2.94. The third-order valence-corrected chi connectivity index (χ3v) is 4.30. The molecule has 0 saturated carbocycles. The standard InChI is InChI=1S/C21H26N4O2/c1-5-10-25-15(3)11-18(16(25)4)12-19(13-22)20(26)24-14-17-8-7-9-23-21(17)27-6-2/h7-9,11-12H,5-6,10,14H2,1-4H3,(H,24,26)/b19-12+. The molecule has 0 spiro atoms. The van der Waals surface area contributed by atoms with Crippen molar-refractivity contribution in [3.05, 3.63) is 52.5 Å². The zero-order chi connectivity index (χ0) is 19.8. The summed E-state index contributed by atoms with van der Waals surface area (Å²) in [6.07, 6.45) is 4.32. The lowest BCUT2D eigenvalue weighted by molar-refractivity contribution is -0.117. The average molecular weight is 366 g/mol. The van der Waals surface area contributed by atoms with Crippen LogP contribution in [0.5, 0.6) is 5.88 Å². The van der Waals surface area contributed by atoms with Gasteiger partial charge in [-0.3, -0.25) is 4.79 Å². The van der Waals surface area contributed by atoms with Crippen LogP contribution in [0.1, 0.15) is 42.8 Å². The van der Waals surface area contributed by atoms with Crippen molar-refractivity contribution in [3.8, 4) is 11.9 Å². The molecule has 0 saturated heterocycles. The number of carbonyl (C=O) groups is 1. The first-order valence-corrected chi connectivity index (χ1v) is 9.15. The Kier molecular flexibility index (Phi) is 7.18. The van der Waals surface area contributed by atoms with Crippen LogP contribution in [0.3, 0.4) is 0 Å². The summed E-state index contributed by atoms with van der Waals surface area (Å²) in [6, 6.07) is 7.64. The second-order valence-electron chi connectivity index (χ2n) is 6.23. The molecule has 2 heterocycles. The second kappa shape index (κ2) is 9.58. The number of amides is 1. The van der Waals surface area contributed by atoms with Crippen LogP contribution in [-0.2, 0) is 17.9 Å². The Morgan fingerprint density at radius 2 is 2.19 bits per heavy atom. The zero-order valence-electron chi connectivity index (χ0n) is 16.4. The van der Waals surface area contributed by atoms with E-state index in [0.29, 0.717) is 12.5 Å². The number of carbonyl (C=O) groups excluding carboxylic acids is 1. The van der Waals surface area contributed by atoms with E-state index in [1.54, 1.807) is 18.3 Å². The van der Waals surface area contributed by atoms with Gasteiger partial charge in [-0.05, 0) is 51.0 Å². The van der Waals surface area contributed by atoms with Crippen molar-refractivity contribution in [2.75, 3.05) is 6.61 Å². The monoisotopic (exact) mass is 366 g/mol. The molecule has 0 atom stereocenters. The summed E-state index contributed by atoms with van der Waals surface area (Å²) in [5.41, 5.74) is 3.92. The van der Waals surface area contributed by atoms with Gasteiger partial charge in [0.05, 0.1) is 6.61 Å². The third kappa shape index (κ3) is 4.98. The Balaban J connectivity index is 2.16. The van der Waals surface area contributed by atoms with E-state index in [4.69, 9.17) is 4.74 Å². The van der Waals surface area contributed by atoms with Gasteiger partial charge in [0.2, 0.25) is 5.88 Å². The summed E-state index contributed by atoms with van der Waals surface area (Å²) in [5, 5.41) is 12.2. The number of nitrogens with one attached hydrogen (secondary N) is 1. The van der Waals surface area contributed by atoms with Gasteiger partial charge < -0.3 is 14.6 Å². The number of aromatic nitrogens is 2. The van der Waals surface area contributed by atoms with Crippen LogP contribution in [0.25, 0.3) is 6.08 Å². The zero-order valence-corrected chi connectivity index (χ0v) is 16.4. The van der Waals surface area contributed by atoms with Crippen LogP contribution in [0.15, 0.2) is 30.0 Å². The van der Waals surface area contributed by atoms with E-state index in [0.717, 1.165) is 35.5 Å². The number of hydrogen-bond donors (Lipinski definition) is 1. The second-order valence-corrected chi connectivity index (χ2v) is 6.23. The van der Waals surface area contributed by atoms with E-state index >= 15 is 0 Å². The van der Waals surface area contributed by atoms with Gasteiger partial charge in [-0.1, -0.05) is 13.0 Å². The number of nitrogens with zero attached hydrogens (tertiary/aromatic N) is 3. The van der Waals surface area contributed by atoms with Crippen molar-refractivity contribution in [2.45, 2.75) is 47.2 Å². The van der Waals surface area contributed by atoms with E-state index in [-0.39, 0.29) is 12.1 Å². The first-order chi connectivity index (χ1) is 13.0. The minimum Gasteiger partial charge on any atom is -0.478 e. The Labute approximate surface area is 160 Å². The van der Waals surface area contributed by atoms with Gasteiger partial charge in [-0.25, -0.2) is 4.98 Å². The fraction of sp³-hybridized carbons (Fsp3) is 0.381. The van der Waals surface area contributed by atoms with Gasteiger partial charge in [0.15, 0.2) is 0 Å². The molecular weight excluding hydrogens is 340 g/mol. The number of rotatable bonds is 8. The van der Waals surface area contributed by atoms with Crippen LogP contribution < -0.4 is 10.1 Å². The molecule has 0 bridgehead atoms. The Bertz CT molecular complexity index is 875.